The molecule has 2 nitrogen and oxygen atoms in total. The molecule has 4 fully saturated rings. The standard InChI is InChI=1S/C17H24O2/c1-10(2)13-6-14-12-8-17(13,4)15(18)16(14,3)7-11(12)9-19-5/h9,12-14H,1,6-8H2,2-5H3/b11-9-/t12-,13-,14-,16+,17-/m0/s1. The first-order valence-corrected chi connectivity index (χ1v) is 7.26. The molecule has 19 heavy (non-hydrogen) atoms. The van der Waals surface area contributed by atoms with Crippen LogP contribution in [0, 0.1) is 28.6 Å². The molecular formula is C17H24O2. The Bertz CT molecular complexity index is 489. The van der Waals surface area contributed by atoms with Crippen LogP contribution in [-0.4, -0.2) is 12.9 Å². The lowest BCUT2D eigenvalue weighted by Gasteiger charge is -2.57. The maximum Gasteiger partial charge on any atom is 0.145 e. The van der Waals surface area contributed by atoms with Crippen LogP contribution in [0.2, 0.25) is 0 Å². The molecule has 0 aromatic rings. The molecule has 0 amide bonds. The minimum Gasteiger partial charge on any atom is -0.504 e. The molecule has 0 aliphatic heterocycles. The Labute approximate surface area is 115 Å². The highest BCUT2D eigenvalue weighted by Crippen LogP contribution is 2.69. The van der Waals surface area contributed by atoms with Crippen molar-refractivity contribution in [3.05, 3.63) is 24.0 Å². The molecule has 0 aromatic heterocycles. The Kier molecular flexibility index (Phi) is 2.55. The smallest absolute Gasteiger partial charge is 0.145 e. The number of carbonyl (C=O) groups excluding carboxylic acids is 1. The van der Waals surface area contributed by atoms with Crippen LogP contribution in [0.5, 0.6) is 0 Å². The number of fused-ring (bicyclic) bond motifs is 1. The average molecular weight is 260 g/mol. The Morgan fingerprint density at radius 3 is 2.68 bits per heavy atom. The third-order valence-corrected chi connectivity index (χ3v) is 6.16. The molecule has 0 unspecified atom stereocenters. The molecule has 5 atom stereocenters. The second-order valence-corrected chi connectivity index (χ2v) is 7.32. The number of carbonyl (C=O) groups is 1. The summed E-state index contributed by atoms with van der Waals surface area (Å²) in [5, 5.41) is 0. The van der Waals surface area contributed by atoms with Gasteiger partial charge in [-0.2, -0.15) is 0 Å². The lowest BCUT2D eigenvalue weighted by Crippen LogP contribution is -2.58. The summed E-state index contributed by atoms with van der Waals surface area (Å²) in [7, 11) is 1.70. The Morgan fingerprint density at radius 2 is 2.11 bits per heavy atom. The molecule has 0 heterocycles. The van der Waals surface area contributed by atoms with Gasteiger partial charge < -0.3 is 4.74 Å². The maximum atomic E-state index is 13.0. The molecule has 0 spiro atoms. The number of Topliss-reactive ketones (excluding diaryl/α,β-unsaturated/α-hetero) is 1. The largest absolute Gasteiger partial charge is 0.504 e. The molecule has 4 bridgehead atoms. The summed E-state index contributed by atoms with van der Waals surface area (Å²) < 4.78 is 5.24. The minimum absolute atomic E-state index is 0.159. The van der Waals surface area contributed by atoms with E-state index >= 15 is 0 Å². The van der Waals surface area contributed by atoms with Crippen LogP contribution in [0.15, 0.2) is 24.0 Å². The highest BCUT2D eigenvalue weighted by Gasteiger charge is 2.68. The number of hydrogen-bond donors (Lipinski definition) is 0. The van der Waals surface area contributed by atoms with Crippen molar-refractivity contribution in [2.45, 2.75) is 40.0 Å². The molecule has 0 radical (unpaired) electrons. The third kappa shape index (κ3) is 1.40. The van der Waals surface area contributed by atoms with Gasteiger partial charge in [-0.15, -0.1) is 0 Å². The highest BCUT2D eigenvalue weighted by atomic mass is 16.5. The van der Waals surface area contributed by atoms with E-state index in [0.29, 0.717) is 23.5 Å². The van der Waals surface area contributed by atoms with Gasteiger partial charge >= 0.3 is 0 Å². The fraction of sp³-hybridized carbons (Fsp3) is 0.706. The van der Waals surface area contributed by atoms with Crippen molar-refractivity contribution in [1.82, 2.24) is 0 Å². The van der Waals surface area contributed by atoms with E-state index in [2.05, 4.69) is 27.4 Å². The van der Waals surface area contributed by atoms with Gasteiger partial charge in [-0.1, -0.05) is 26.0 Å². The van der Waals surface area contributed by atoms with Crippen LogP contribution in [-0.2, 0) is 9.53 Å². The molecule has 104 valence electrons. The number of allylic oxidation sites excluding steroid dienone is 2. The topological polar surface area (TPSA) is 26.3 Å². The first-order valence-electron chi connectivity index (χ1n) is 7.26. The van der Waals surface area contributed by atoms with Crippen molar-refractivity contribution in [1.29, 1.82) is 0 Å². The van der Waals surface area contributed by atoms with E-state index in [1.165, 1.54) is 11.1 Å². The molecule has 0 aromatic carbocycles. The summed E-state index contributed by atoms with van der Waals surface area (Å²) in [4.78, 5) is 13.0. The van der Waals surface area contributed by atoms with Gasteiger partial charge in [-0.05, 0) is 49.5 Å². The lowest BCUT2D eigenvalue weighted by atomic mass is 9.45. The van der Waals surface area contributed by atoms with Crippen LogP contribution < -0.4 is 0 Å². The molecular weight excluding hydrogens is 236 g/mol. The average Bonchev–Trinajstić information content (AvgIpc) is 2.57. The SMILES string of the molecule is C=C(C)[C@@H]1C[C@H]2[C@H]3C[C@]1(C)C(=O)[C@]2(C)C/C3=C/OC. The van der Waals surface area contributed by atoms with Crippen molar-refractivity contribution in [3.63, 3.8) is 0 Å². The first-order chi connectivity index (χ1) is 8.84. The summed E-state index contributed by atoms with van der Waals surface area (Å²) in [6, 6.07) is 0. The van der Waals surface area contributed by atoms with Gasteiger partial charge in [0.1, 0.15) is 5.78 Å². The molecule has 0 saturated heterocycles. The van der Waals surface area contributed by atoms with Gasteiger partial charge in [0.15, 0.2) is 0 Å². The zero-order valence-corrected chi connectivity index (χ0v) is 12.5. The van der Waals surface area contributed by atoms with E-state index in [4.69, 9.17) is 4.74 Å². The second-order valence-electron chi connectivity index (χ2n) is 7.32. The summed E-state index contributed by atoms with van der Waals surface area (Å²) in [5.74, 6) is 1.88. The predicted octanol–water partition coefficient (Wildman–Crippen LogP) is 3.73. The second kappa shape index (κ2) is 3.74. The molecule has 4 rings (SSSR count). The summed E-state index contributed by atoms with van der Waals surface area (Å²) in [6.45, 7) is 10.6. The summed E-state index contributed by atoms with van der Waals surface area (Å²) >= 11 is 0. The molecule has 4 saturated carbocycles. The Morgan fingerprint density at radius 1 is 1.42 bits per heavy atom. The normalized spacial score (nSPS) is 49.8. The number of ketones is 1. The Balaban J connectivity index is 2.08. The highest BCUT2D eigenvalue weighted by molar-refractivity contribution is 5.94. The molecule has 2 heteroatoms. The van der Waals surface area contributed by atoms with E-state index in [-0.39, 0.29) is 10.8 Å². The van der Waals surface area contributed by atoms with Crippen molar-refractivity contribution in [3.8, 4) is 0 Å². The van der Waals surface area contributed by atoms with Crippen LogP contribution in [0.4, 0.5) is 0 Å². The van der Waals surface area contributed by atoms with E-state index in [0.717, 1.165) is 19.3 Å². The summed E-state index contributed by atoms with van der Waals surface area (Å²) in [6.07, 6.45) is 4.90. The van der Waals surface area contributed by atoms with Crippen LogP contribution in [0.3, 0.4) is 0 Å². The fourth-order valence-corrected chi connectivity index (χ4v) is 5.38. The van der Waals surface area contributed by atoms with Gasteiger partial charge in [-0.3, -0.25) is 4.79 Å². The quantitative estimate of drug-likeness (QED) is 0.558. The van der Waals surface area contributed by atoms with Gasteiger partial charge in [-0.25, -0.2) is 0 Å². The van der Waals surface area contributed by atoms with E-state index in [1.54, 1.807) is 7.11 Å². The minimum atomic E-state index is -0.205. The van der Waals surface area contributed by atoms with Gasteiger partial charge in [0.2, 0.25) is 0 Å². The zero-order valence-electron chi connectivity index (χ0n) is 12.5. The predicted molar refractivity (Wildman–Crippen MR) is 75.4 cm³/mol. The van der Waals surface area contributed by atoms with Crippen molar-refractivity contribution in [2.24, 2.45) is 28.6 Å². The third-order valence-electron chi connectivity index (χ3n) is 6.16. The number of hydrogen-bond acceptors (Lipinski definition) is 2. The van der Waals surface area contributed by atoms with Gasteiger partial charge in [0, 0.05) is 10.8 Å². The number of methoxy groups -OCH3 is 1. The number of rotatable bonds is 2. The van der Waals surface area contributed by atoms with Crippen molar-refractivity contribution in [2.75, 3.05) is 7.11 Å². The van der Waals surface area contributed by atoms with E-state index in [1.807, 2.05) is 6.26 Å². The van der Waals surface area contributed by atoms with Crippen LogP contribution in [0.25, 0.3) is 0 Å². The van der Waals surface area contributed by atoms with E-state index in [9.17, 15) is 4.79 Å². The molecule has 4 aliphatic carbocycles. The zero-order chi connectivity index (χ0) is 14.0. The van der Waals surface area contributed by atoms with E-state index < -0.39 is 0 Å². The fourth-order valence-electron chi connectivity index (χ4n) is 5.38. The van der Waals surface area contributed by atoms with Crippen LogP contribution >= 0.6 is 0 Å². The Hall–Kier alpha value is -1.05. The van der Waals surface area contributed by atoms with Crippen molar-refractivity contribution >= 4 is 5.78 Å². The van der Waals surface area contributed by atoms with Gasteiger partial charge in [0.25, 0.3) is 0 Å². The maximum absolute atomic E-state index is 13.0. The summed E-state index contributed by atoms with van der Waals surface area (Å²) in [5.41, 5.74) is 2.17. The van der Waals surface area contributed by atoms with Gasteiger partial charge in [0.05, 0.1) is 13.4 Å². The number of ether oxygens (including phenoxy) is 1. The molecule has 4 aliphatic rings. The van der Waals surface area contributed by atoms with Crippen LogP contribution in [0.1, 0.15) is 40.0 Å². The first kappa shape index (κ1) is 13.0. The molecule has 0 N–H and O–H groups in total. The van der Waals surface area contributed by atoms with Crippen molar-refractivity contribution < 1.29 is 9.53 Å². The lowest BCUT2D eigenvalue weighted by molar-refractivity contribution is -0.159. The monoisotopic (exact) mass is 260 g/mol.